The SMILES string of the molecule is O=C(Nc1c(O)cccc1F)C1CCC1. The molecule has 2 rings (SSSR count). The van der Waals surface area contributed by atoms with E-state index in [-0.39, 0.29) is 23.3 Å². The van der Waals surface area contributed by atoms with Gasteiger partial charge in [-0.25, -0.2) is 4.39 Å². The first kappa shape index (κ1) is 9.96. The van der Waals surface area contributed by atoms with Gasteiger partial charge in [0.1, 0.15) is 11.4 Å². The molecule has 80 valence electrons. The average Bonchev–Trinajstić information content (AvgIpc) is 2.08. The summed E-state index contributed by atoms with van der Waals surface area (Å²) in [6, 6.07) is 3.94. The Morgan fingerprint density at radius 1 is 1.47 bits per heavy atom. The van der Waals surface area contributed by atoms with Crippen LogP contribution < -0.4 is 5.32 Å². The number of amides is 1. The van der Waals surface area contributed by atoms with Gasteiger partial charge >= 0.3 is 0 Å². The molecule has 15 heavy (non-hydrogen) atoms. The number of phenolic OH excluding ortho intramolecular Hbond substituents is 1. The van der Waals surface area contributed by atoms with E-state index in [1.54, 1.807) is 0 Å². The van der Waals surface area contributed by atoms with Gasteiger partial charge in [-0.2, -0.15) is 0 Å². The molecule has 0 atom stereocenters. The normalized spacial score (nSPS) is 15.8. The number of phenols is 1. The van der Waals surface area contributed by atoms with Crippen LogP contribution in [-0.4, -0.2) is 11.0 Å². The number of anilines is 1. The van der Waals surface area contributed by atoms with Gasteiger partial charge in [-0.3, -0.25) is 4.79 Å². The van der Waals surface area contributed by atoms with Crippen LogP contribution in [0.15, 0.2) is 18.2 Å². The van der Waals surface area contributed by atoms with Crippen molar-refractivity contribution in [1.82, 2.24) is 0 Å². The summed E-state index contributed by atoms with van der Waals surface area (Å²) in [5, 5.41) is 11.8. The van der Waals surface area contributed by atoms with E-state index in [4.69, 9.17) is 0 Å². The first-order valence-electron chi connectivity index (χ1n) is 4.97. The quantitative estimate of drug-likeness (QED) is 0.734. The average molecular weight is 209 g/mol. The van der Waals surface area contributed by atoms with Gasteiger partial charge in [-0.1, -0.05) is 12.5 Å². The summed E-state index contributed by atoms with van der Waals surface area (Å²) in [4.78, 5) is 11.5. The summed E-state index contributed by atoms with van der Waals surface area (Å²) in [5.74, 6) is -1.07. The Morgan fingerprint density at radius 3 is 2.73 bits per heavy atom. The number of rotatable bonds is 2. The molecule has 0 radical (unpaired) electrons. The van der Waals surface area contributed by atoms with Crippen LogP contribution in [-0.2, 0) is 4.79 Å². The van der Waals surface area contributed by atoms with Crippen molar-refractivity contribution in [3.8, 4) is 5.75 Å². The maximum atomic E-state index is 13.2. The number of carbonyl (C=O) groups excluding carboxylic acids is 1. The largest absolute Gasteiger partial charge is 0.506 e. The fourth-order valence-corrected chi connectivity index (χ4v) is 1.53. The van der Waals surface area contributed by atoms with Crippen LogP contribution in [0.25, 0.3) is 0 Å². The van der Waals surface area contributed by atoms with Crippen molar-refractivity contribution in [3.63, 3.8) is 0 Å². The van der Waals surface area contributed by atoms with Crippen LogP contribution in [0.1, 0.15) is 19.3 Å². The lowest BCUT2D eigenvalue weighted by molar-refractivity contribution is -0.122. The highest BCUT2D eigenvalue weighted by molar-refractivity contribution is 5.94. The predicted molar refractivity (Wildman–Crippen MR) is 54.0 cm³/mol. The standard InChI is InChI=1S/C11H12FNO2/c12-8-5-2-6-9(14)10(8)13-11(15)7-3-1-4-7/h2,5-7,14H,1,3-4H2,(H,13,15). The van der Waals surface area contributed by atoms with E-state index in [2.05, 4.69) is 5.32 Å². The van der Waals surface area contributed by atoms with Crippen molar-refractivity contribution in [2.75, 3.05) is 5.32 Å². The Labute approximate surface area is 86.9 Å². The molecule has 1 aromatic rings. The third-order valence-corrected chi connectivity index (χ3v) is 2.72. The van der Waals surface area contributed by atoms with Crippen molar-refractivity contribution in [2.45, 2.75) is 19.3 Å². The maximum absolute atomic E-state index is 13.2. The molecule has 2 N–H and O–H groups in total. The molecule has 1 fully saturated rings. The molecule has 0 unspecified atom stereocenters. The van der Waals surface area contributed by atoms with Crippen LogP contribution in [0, 0.1) is 11.7 Å². The first-order chi connectivity index (χ1) is 7.18. The Hall–Kier alpha value is -1.58. The molecule has 1 saturated carbocycles. The second-order valence-corrected chi connectivity index (χ2v) is 3.75. The summed E-state index contributed by atoms with van der Waals surface area (Å²) in [6.07, 6.45) is 2.74. The van der Waals surface area contributed by atoms with Crippen molar-refractivity contribution >= 4 is 11.6 Å². The van der Waals surface area contributed by atoms with Gasteiger partial charge in [0, 0.05) is 5.92 Å². The lowest BCUT2D eigenvalue weighted by atomic mass is 9.85. The topological polar surface area (TPSA) is 49.3 Å². The van der Waals surface area contributed by atoms with Crippen LogP contribution in [0.3, 0.4) is 0 Å². The summed E-state index contributed by atoms with van der Waals surface area (Å²) in [5.41, 5.74) is -0.116. The molecule has 1 aliphatic rings. The molecule has 4 heteroatoms. The molecule has 0 heterocycles. The monoisotopic (exact) mass is 209 g/mol. The van der Waals surface area contributed by atoms with Gasteiger partial charge in [0.15, 0.2) is 5.82 Å². The van der Waals surface area contributed by atoms with E-state index < -0.39 is 5.82 Å². The van der Waals surface area contributed by atoms with Crippen LogP contribution in [0.4, 0.5) is 10.1 Å². The number of nitrogens with one attached hydrogen (secondary N) is 1. The van der Waals surface area contributed by atoms with E-state index in [1.165, 1.54) is 18.2 Å². The van der Waals surface area contributed by atoms with E-state index in [0.29, 0.717) is 0 Å². The van der Waals surface area contributed by atoms with Crippen LogP contribution >= 0.6 is 0 Å². The lowest BCUT2D eigenvalue weighted by Crippen LogP contribution is -2.28. The molecule has 3 nitrogen and oxygen atoms in total. The zero-order chi connectivity index (χ0) is 10.8. The number of aromatic hydroxyl groups is 1. The molecular weight excluding hydrogens is 197 g/mol. The van der Waals surface area contributed by atoms with E-state index in [9.17, 15) is 14.3 Å². The molecule has 0 saturated heterocycles. The van der Waals surface area contributed by atoms with Gasteiger partial charge < -0.3 is 10.4 Å². The second kappa shape index (κ2) is 3.88. The highest BCUT2D eigenvalue weighted by atomic mass is 19.1. The lowest BCUT2D eigenvalue weighted by Gasteiger charge is -2.24. The molecule has 1 aromatic carbocycles. The summed E-state index contributed by atoms with van der Waals surface area (Å²) < 4.78 is 13.2. The first-order valence-corrected chi connectivity index (χ1v) is 4.97. The van der Waals surface area contributed by atoms with Crippen molar-refractivity contribution in [3.05, 3.63) is 24.0 Å². The number of hydrogen-bond acceptors (Lipinski definition) is 2. The van der Waals surface area contributed by atoms with Crippen molar-refractivity contribution in [2.24, 2.45) is 5.92 Å². The molecule has 0 aliphatic heterocycles. The molecular formula is C11H12FNO2. The smallest absolute Gasteiger partial charge is 0.227 e. The maximum Gasteiger partial charge on any atom is 0.227 e. The van der Waals surface area contributed by atoms with Crippen LogP contribution in [0.5, 0.6) is 5.75 Å². The van der Waals surface area contributed by atoms with Gasteiger partial charge in [-0.05, 0) is 25.0 Å². The second-order valence-electron chi connectivity index (χ2n) is 3.75. The highest BCUT2D eigenvalue weighted by Crippen LogP contribution is 2.30. The number of para-hydroxylation sites is 1. The minimum absolute atomic E-state index is 0.0241. The third kappa shape index (κ3) is 1.93. The Balaban J connectivity index is 2.12. The summed E-state index contributed by atoms with van der Waals surface area (Å²) in [7, 11) is 0. The van der Waals surface area contributed by atoms with Crippen LogP contribution in [0.2, 0.25) is 0 Å². The molecule has 1 aliphatic carbocycles. The van der Waals surface area contributed by atoms with Crippen molar-refractivity contribution < 1.29 is 14.3 Å². The minimum atomic E-state index is -0.609. The number of halogens is 1. The molecule has 1 amide bonds. The third-order valence-electron chi connectivity index (χ3n) is 2.72. The number of carbonyl (C=O) groups is 1. The fraction of sp³-hybridized carbons (Fsp3) is 0.364. The zero-order valence-electron chi connectivity index (χ0n) is 8.16. The van der Waals surface area contributed by atoms with E-state index >= 15 is 0 Å². The number of benzene rings is 1. The summed E-state index contributed by atoms with van der Waals surface area (Å²) >= 11 is 0. The zero-order valence-corrected chi connectivity index (χ0v) is 8.16. The highest BCUT2D eigenvalue weighted by Gasteiger charge is 2.26. The van der Waals surface area contributed by atoms with Crippen molar-refractivity contribution in [1.29, 1.82) is 0 Å². The van der Waals surface area contributed by atoms with Gasteiger partial charge in [0.05, 0.1) is 0 Å². The minimum Gasteiger partial charge on any atom is -0.506 e. The summed E-state index contributed by atoms with van der Waals surface area (Å²) in [6.45, 7) is 0. The van der Waals surface area contributed by atoms with Gasteiger partial charge in [-0.15, -0.1) is 0 Å². The molecule has 0 bridgehead atoms. The van der Waals surface area contributed by atoms with E-state index in [0.717, 1.165) is 19.3 Å². The van der Waals surface area contributed by atoms with Gasteiger partial charge in [0.2, 0.25) is 5.91 Å². The fourth-order valence-electron chi connectivity index (χ4n) is 1.53. The van der Waals surface area contributed by atoms with Gasteiger partial charge in [0.25, 0.3) is 0 Å². The molecule has 0 spiro atoms. The molecule has 0 aromatic heterocycles. The number of hydrogen-bond donors (Lipinski definition) is 2. The Morgan fingerprint density at radius 2 is 2.20 bits per heavy atom. The Kier molecular flexibility index (Phi) is 2.58. The predicted octanol–water partition coefficient (Wildman–Crippen LogP) is 2.27. The van der Waals surface area contributed by atoms with E-state index in [1.807, 2.05) is 0 Å². The Bertz CT molecular complexity index is 368.